The lowest BCUT2D eigenvalue weighted by Gasteiger charge is -2.27. The van der Waals surface area contributed by atoms with Crippen molar-refractivity contribution in [2.45, 2.75) is 30.4 Å². The van der Waals surface area contributed by atoms with E-state index in [1.807, 2.05) is 0 Å². The van der Waals surface area contributed by atoms with Crippen LogP contribution >= 0.6 is 11.8 Å². The fourth-order valence-corrected chi connectivity index (χ4v) is 4.32. The second kappa shape index (κ2) is 7.57. The molecule has 0 saturated carbocycles. The Morgan fingerprint density at radius 3 is 2.76 bits per heavy atom. The van der Waals surface area contributed by atoms with Gasteiger partial charge in [0.1, 0.15) is 5.25 Å². The van der Waals surface area contributed by atoms with E-state index in [4.69, 9.17) is 5.73 Å². The molecule has 1 aromatic rings. The van der Waals surface area contributed by atoms with Crippen LogP contribution < -0.4 is 11.1 Å². The minimum Gasteiger partial charge on any atom is -0.393 e. The molecular formula is C17H19N5O2S. The maximum atomic E-state index is 12.7. The summed E-state index contributed by atoms with van der Waals surface area (Å²) in [5, 5.41) is 11.6. The van der Waals surface area contributed by atoms with Crippen LogP contribution in [0.1, 0.15) is 30.7 Å². The molecule has 0 aliphatic carbocycles. The number of carbonyl (C=O) groups is 2. The van der Waals surface area contributed by atoms with Crippen molar-refractivity contribution in [2.75, 3.05) is 13.1 Å². The summed E-state index contributed by atoms with van der Waals surface area (Å²) in [5.74, 6) is -0.930. The summed E-state index contributed by atoms with van der Waals surface area (Å²) >= 11 is 1.12. The van der Waals surface area contributed by atoms with Gasteiger partial charge in [0.05, 0.1) is 16.7 Å². The normalized spacial score (nSPS) is 23.2. The van der Waals surface area contributed by atoms with E-state index in [0.717, 1.165) is 36.6 Å². The smallest absolute Gasteiger partial charge is 0.324 e. The van der Waals surface area contributed by atoms with Gasteiger partial charge in [-0.1, -0.05) is 17.8 Å². The molecule has 0 radical (unpaired) electrons. The molecule has 7 nitrogen and oxygen atoms in total. The van der Waals surface area contributed by atoms with Gasteiger partial charge in [-0.3, -0.25) is 15.1 Å². The summed E-state index contributed by atoms with van der Waals surface area (Å²) in [6.07, 6.45) is 6.25. The highest BCUT2D eigenvalue weighted by atomic mass is 32.2. The molecule has 1 fully saturated rings. The Balaban J connectivity index is 1.77. The molecule has 2 aliphatic rings. The highest BCUT2D eigenvalue weighted by Gasteiger charge is 2.41. The summed E-state index contributed by atoms with van der Waals surface area (Å²) < 4.78 is 0. The Morgan fingerprint density at radius 1 is 1.36 bits per heavy atom. The van der Waals surface area contributed by atoms with E-state index in [2.05, 4.69) is 16.4 Å². The van der Waals surface area contributed by atoms with Crippen molar-refractivity contribution < 1.29 is 9.59 Å². The Kier molecular flexibility index (Phi) is 5.24. The number of allylic oxidation sites excluding steroid dienone is 1. The molecule has 3 N–H and O–H groups in total. The minimum absolute atomic E-state index is 0.321. The van der Waals surface area contributed by atoms with Gasteiger partial charge in [-0.05, 0) is 30.9 Å². The third kappa shape index (κ3) is 3.61. The minimum atomic E-state index is -0.660. The first kappa shape index (κ1) is 17.3. The number of carbonyl (C=O) groups excluding carboxylic acids is 2. The standard InChI is InChI=1S/C17H19N5O2S/c18-9-12-13(11-5-4-6-20-10-11)14(25-15(12)19)16(23)21-17(24)22-7-2-1-3-8-22/h4-6,10,13-14H,1-3,7-8,19H2,(H,21,23,24). The van der Waals surface area contributed by atoms with Gasteiger partial charge < -0.3 is 10.6 Å². The van der Waals surface area contributed by atoms with Gasteiger partial charge in [0.15, 0.2) is 0 Å². The highest BCUT2D eigenvalue weighted by Crippen LogP contribution is 2.45. The van der Waals surface area contributed by atoms with Crippen molar-refractivity contribution in [1.82, 2.24) is 15.2 Å². The number of urea groups is 1. The van der Waals surface area contributed by atoms with Crippen LogP contribution in [0.2, 0.25) is 0 Å². The summed E-state index contributed by atoms with van der Waals surface area (Å²) in [6.45, 7) is 1.32. The molecule has 25 heavy (non-hydrogen) atoms. The molecule has 8 heteroatoms. The van der Waals surface area contributed by atoms with Crippen molar-refractivity contribution in [3.63, 3.8) is 0 Å². The highest BCUT2D eigenvalue weighted by molar-refractivity contribution is 8.04. The van der Waals surface area contributed by atoms with E-state index in [-0.39, 0.29) is 6.03 Å². The first-order valence-corrected chi connectivity index (χ1v) is 9.06. The monoisotopic (exact) mass is 357 g/mol. The summed E-state index contributed by atoms with van der Waals surface area (Å²) in [4.78, 5) is 30.7. The number of hydrogen-bond donors (Lipinski definition) is 2. The van der Waals surface area contributed by atoms with Gasteiger partial charge in [-0.25, -0.2) is 4.79 Å². The van der Waals surface area contributed by atoms with Crippen LogP contribution in [0.3, 0.4) is 0 Å². The molecule has 1 saturated heterocycles. The Labute approximate surface area is 150 Å². The zero-order valence-electron chi connectivity index (χ0n) is 13.6. The molecule has 0 bridgehead atoms. The number of nitrogens with two attached hydrogens (primary N) is 1. The third-order valence-electron chi connectivity index (χ3n) is 4.43. The van der Waals surface area contributed by atoms with Crippen LogP contribution in [0.15, 0.2) is 35.1 Å². The predicted octanol–water partition coefficient (Wildman–Crippen LogP) is 1.70. The number of aromatic nitrogens is 1. The van der Waals surface area contributed by atoms with Gasteiger partial charge in [0, 0.05) is 31.4 Å². The van der Waals surface area contributed by atoms with Crippen molar-refractivity contribution in [3.8, 4) is 6.07 Å². The number of thioether (sulfide) groups is 1. The molecule has 0 aromatic carbocycles. The molecule has 2 unspecified atom stereocenters. The first-order valence-electron chi connectivity index (χ1n) is 8.18. The van der Waals surface area contributed by atoms with Gasteiger partial charge >= 0.3 is 6.03 Å². The molecule has 2 atom stereocenters. The summed E-state index contributed by atoms with van der Waals surface area (Å²) in [7, 11) is 0. The fourth-order valence-electron chi connectivity index (χ4n) is 3.16. The number of nitriles is 1. The second-order valence-corrected chi connectivity index (χ2v) is 7.22. The lowest BCUT2D eigenvalue weighted by atomic mass is 9.90. The maximum Gasteiger partial charge on any atom is 0.324 e. The van der Waals surface area contributed by atoms with Crippen molar-refractivity contribution in [3.05, 3.63) is 40.7 Å². The topological polar surface area (TPSA) is 112 Å². The number of nitrogens with zero attached hydrogens (tertiary/aromatic N) is 3. The number of piperidine rings is 1. The van der Waals surface area contributed by atoms with Gasteiger partial charge in [-0.2, -0.15) is 5.26 Å². The fraction of sp³-hybridized carbons (Fsp3) is 0.412. The van der Waals surface area contributed by atoms with Crippen molar-refractivity contribution >= 4 is 23.7 Å². The second-order valence-electron chi connectivity index (χ2n) is 6.03. The zero-order chi connectivity index (χ0) is 17.8. The van der Waals surface area contributed by atoms with Crippen LogP contribution in [0.4, 0.5) is 4.79 Å². The van der Waals surface area contributed by atoms with Crippen molar-refractivity contribution in [1.29, 1.82) is 5.26 Å². The van der Waals surface area contributed by atoms with E-state index in [1.165, 1.54) is 0 Å². The molecule has 3 amide bonds. The van der Waals surface area contributed by atoms with E-state index in [9.17, 15) is 14.9 Å². The van der Waals surface area contributed by atoms with Crippen molar-refractivity contribution in [2.24, 2.45) is 5.73 Å². The number of nitrogens with one attached hydrogen (secondary N) is 1. The average molecular weight is 357 g/mol. The Morgan fingerprint density at radius 2 is 2.12 bits per heavy atom. The molecule has 0 spiro atoms. The van der Waals surface area contributed by atoms with E-state index in [0.29, 0.717) is 23.7 Å². The third-order valence-corrected chi connectivity index (χ3v) is 5.64. The summed E-state index contributed by atoms with van der Waals surface area (Å²) in [5.41, 5.74) is 7.03. The predicted molar refractivity (Wildman–Crippen MR) is 94.1 cm³/mol. The molecule has 130 valence electrons. The van der Waals surface area contributed by atoms with Gasteiger partial charge in [0.25, 0.3) is 0 Å². The van der Waals surface area contributed by atoms with Gasteiger partial charge in [-0.15, -0.1) is 0 Å². The SMILES string of the molecule is N#CC1=C(N)SC(C(=O)NC(=O)N2CCCCC2)C1c1cccnc1. The Bertz CT molecular complexity index is 737. The van der Waals surface area contributed by atoms with Crippen LogP contribution in [-0.4, -0.2) is 40.2 Å². The lowest BCUT2D eigenvalue weighted by Crippen LogP contribution is -2.48. The maximum absolute atomic E-state index is 12.7. The van der Waals surface area contributed by atoms with Crippen LogP contribution in [-0.2, 0) is 4.79 Å². The number of rotatable bonds is 2. The van der Waals surface area contributed by atoms with E-state index in [1.54, 1.807) is 29.4 Å². The van der Waals surface area contributed by atoms with Crippen LogP contribution in [0, 0.1) is 11.3 Å². The molecule has 3 heterocycles. The summed E-state index contributed by atoms with van der Waals surface area (Å²) in [6, 6.07) is 5.27. The molecular weight excluding hydrogens is 338 g/mol. The largest absolute Gasteiger partial charge is 0.393 e. The molecule has 1 aromatic heterocycles. The molecule has 2 aliphatic heterocycles. The van der Waals surface area contributed by atoms with Crippen LogP contribution in [0.5, 0.6) is 0 Å². The number of likely N-dealkylation sites (tertiary alicyclic amines) is 1. The number of pyridine rings is 1. The number of amides is 3. The Hall–Kier alpha value is -2.53. The lowest BCUT2D eigenvalue weighted by molar-refractivity contribution is -0.119. The van der Waals surface area contributed by atoms with Crippen LogP contribution in [0.25, 0.3) is 0 Å². The number of hydrogen-bond acceptors (Lipinski definition) is 6. The quantitative estimate of drug-likeness (QED) is 0.833. The number of imide groups is 1. The van der Waals surface area contributed by atoms with Gasteiger partial charge in [0.2, 0.25) is 5.91 Å². The molecule has 3 rings (SSSR count). The van der Waals surface area contributed by atoms with E-state index >= 15 is 0 Å². The van der Waals surface area contributed by atoms with E-state index < -0.39 is 17.1 Å². The zero-order valence-corrected chi connectivity index (χ0v) is 14.5. The average Bonchev–Trinajstić information content (AvgIpc) is 2.99. The first-order chi connectivity index (χ1) is 12.1.